The van der Waals surface area contributed by atoms with E-state index in [4.69, 9.17) is 0 Å². The first-order valence-electron chi connectivity index (χ1n) is 6.53. The van der Waals surface area contributed by atoms with E-state index in [0.717, 1.165) is 0 Å². The van der Waals surface area contributed by atoms with Crippen LogP contribution in [0.1, 0.15) is 13.3 Å². The maximum atomic E-state index is 11.4. The molecule has 1 aliphatic heterocycles. The summed E-state index contributed by atoms with van der Waals surface area (Å²) >= 11 is 0. The molecule has 0 spiro atoms. The summed E-state index contributed by atoms with van der Waals surface area (Å²) in [5.41, 5.74) is -1.13. The van der Waals surface area contributed by atoms with Gasteiger partial charge in [-0.2, -0.15) is 0 Å². The van der Waals surface area contributed by atoms with Crippen LogP contribution in [0.25, 0.3) is 0 Å². The molecule has 1 rings (SSSR count). The Labute approximate surface area is 117 Å². The van der Waals surface area contributed by atoms with Crippen LogP contribution in [0.15, 0.2) is 0 Å². The summed E-state index contributed by atoms with van der Waals surface area (Å²) in [6.07, 6.45) is -0.202. The van der Waals surface area contributed by atoms with Crippen molar-refractivity contribution in [3.63, 3.8) is 0 Å². The third kappa shape index (κ3) is 5.49. The number of nitro groups is 1. The zero-order valence-electron chi connectivity index (χ0n) is 11.5. The minimum atomic E-state index is -1.13. The minimum Gasteiger partial charge on any atom is -0.354 e. The van der Waals surface area contributed by atoms with Crippen LogP contribution in [-0.2, 0) is 9.59 Å². The molecule has 114 valence electrons. The molecule has 1 aliphatic rings. The Morgan fingerprint density at radius 2 is 1.45 bits per heavy atom. The van der Waals surface area contributed by atoms with Gasteiger partial charge in [0.15, 0.2) is 0 Å². The van der Waals surface area contributed by atoms with Gasteiger partial charge in [-0.1, -0.05) is 0 Å². The maximum Gasteiger partial charge on any atom is 0.243 e. The molecular weight excluding hydrogens is 266 g/mol. The lowest BCUT2D eigenvalue weighted by Crippen LogP contribution is -2.53. The first-order valence-corrected chi connectivity index (χ1v) is 6.53. The molecule has 1 fully saturated rings. The van der Waals surface area contributed by atoms with E-state index in [1.807, 2.05) is 0 Å². The van der Waals surface area contributed by atoms with Crippen molar-refractivity contribution in [2.24, 2.45) is 0 Å². The van der Waals surface area contributed by atoms with Gasteiger partial charge in [0, 0.05) is 38.0 Å². The van der Waals surface area contributed by atoms with E-state index in [2.05, 4.69) is 21.3 Å². The van der Waals surface area contributed by atoms with Crippen LogP contribution < -0.4 is 21.3 Å². The Morgan fingerprint density at radius 1 is 1.00 bits per heavy atom. The highest BCUT2D eigenvalue weighted by atomic mass is 16.6. The summed E-state index contributed by atoms with van der Waals surface area (Å²) in [5, 5.41) is 22.1. The summed E-state index contributed by atoms with van der Waals surface area (Å²) < 4.78 is 0. The quantitative estimate of drug-likeness (QED) is 0.247. The lowest BCUT2D eigenvalue weighted by atomic mass is 10.0. The molecule has 0 aliphatic carbocycles. The average Bonchev–Trinajstić information content (AvgIpc) is 2.36. The van der Waals surface area contributed by atoms with E-state index < -0.39 is 5.54 Å². The van der Waals surface area contributed by atoms with Crippen molar-refractivity contribution in [1.29, 1.82) is 0 Å². The number of hydrogen-bond acceptors (Lipinski definition) is 6. The van der Waals surface area contributed by atoms with Crippen molar-refractivity contribution in [2.45, 2.75) is 18.9 Å². The van der Waals surface area contributed by atoms with Gasteiger partial charge in [-0.05, 0) is 0 Å². The Morgan fingerprint density at radius 3 is 1.85 bits per heavy atom. The Balaban J connectivity index is 2.56. The number of amides is 2. The van der Waals surface area contributed by atoms with Crippen LogP contribution in [0.5, 0.6) is 0 Å². The van der Waals surface area contributed by atoms with Crippen LogP contribution in [0.3, 0.4) is 0 Å². The van der Waals surface area contributed by atoms with Crippen molar-refractivity contribution >= 4 is 11.8 Å². The van der Waals surface area contributed by atoms with Gasteiger partial charge >= 0.3 is 0 Å². The van der Waals surface area contributed by atoms with Crippen LogP contribution in [0.4, 0.5) is 0 Å². The Hall–Kier alpha value is -1.74. The smallest absolute Gasteiger partial charge is 0.243 e. The lowest BCUT2D eigenvalue weighted by molar-refractivity contribution is -0.560. The second-order valence-corrected chi connectivity index (χ2v) is 4.98. The molecule has 1 heterocycles. The predicted octanol–water partition coefficient (Wildman–Crippen LogP) is -2.16. The fourth-order valence-corrected chi connectivity index (χ4v) is 1.76. The summed E-state index contributed by atoms with van der Waals surface area (Å²) in [5.74, 6) is -0.710. The number of hydrogen-bond donors (Lipinski definition) is 4. The average molecular weight is 287 g/mol. The first-order chi connectivity index (χ1) is 9.44. The molecular formula is C11H21N5O4. The monoisotopic (exact) mass is 287 g/mol. The fraction of sp³-hybridized carbons (Fsp3) is 0.818. The Kier molecular flexibility index (Phi) is 6.32. The molecule has 4 N–H and O–H groups in total. The molecule has 0 aromatic heterocycles. The van der Waals surface area contributed by atoms with Gasteiger partial charge in [0.05, 0.1) is 13.1 Å². The SMILES string of the molecule is CC1([N+](=O)[O-])CNCCNC(=O)CC(=O)NCCNC1. The van der Waals surface area contributed by atoms with Gasteiger partial charge in [-0.25, -0.2) is 0 Å². The van der Waals surface area contributed by atoms with Crippen LogP contribution >= 0.6 is 0 Å². The van der Waals surface area contributed by atoms with Crippen molar-refractivity contribution < 1.29 is 14.5 Å². The van der Waals surface area contributed by atoms with Crippen LogP contribution in [0, 0.1) is 10.1 Å². The zero-order chi connectivity index (χ0) is 15.0. The number of nitrogens with one attached hydrogen (secondary N) is 4. The molecule has 9 heteroatoms. The molecule has 1 saturated heterocycles. The van der Waals surface area contributed by atoms with Crippen LogP contribution in [0.2, 0.25) is 0 Å². The molecule has 2 amide bonds. The molecule has 0 aromatic rings. The third-order valence-corrected chi connectivity index (χ3v) is 3.02. The van der Waals surface area contributed by atoms with Gasteiger partial charge < -0.3 is 21.3 Å². The highest BCUT2D eigenvalue weighted by Gasteiger charge is 2.36. The second-order valence-electron chi connectivity index (χ2n) is 4.98. The molecule has 0 unspecified atom stereocenters. The zero-order valence-corrected chi connectivity index (χ0v) is 11.5. The van der Waals surface area contributed by atoms with E-state index in [0.29, 0.717) is 26.2 Å². The summed E-state index contributed by atoms with van der Waals surface area (Å²) in [4.78, 5) is 33.5. The van der Waals surface area contributed by atoms with E-state index in [1.165, 1.54) is 0 Å². The van der Waals surface area contributed by atoms with Crippen molar-refractivity contribution in [3.05, 3.63) is 10.1 Å². The van der Waals surface area contributed by atoms with E-state index in [9.17, 15) is 19.7 Å². The van der Waals surface area contributed by atoms with E-state index in [1.54, 1.807) is 6.92 Å². The topological polar surface area (TPSA) is 125 Å². The summed E-state index contributed by atoms with van der Waals surface area (Å²) in [6, 6.07) is 0. The number of rotatable bonds is 1. The molecule has 0 aromatic carbocycles. The van der Waals surface area contributed by atoms with E-state index in [-0.39, 0.29) is 36.2 Å². The third-order valence-electron chi connectivity index (χ3n) is 3.02. The summed E-state index contributed by atoms with van der Waals surface area (Å²) in [7, 11) is 0. The van der Waals surface area contributed by atoms with Gasteiger partial charge in [-0.3, -0.25) is 19.7 Å². The van der Waals surface area contributed by atoms with Crippen molar-refractivity contribution in [2.75, 3.05) is 39.3 Å². The molecule has 0 atom stereocenters. The molecule has 0 bridgehead atoms. The predicted molar refractivity (Wildman–Crippen MR) is 71.8 cm³/mol. The number of carbonyl (C=O) groups excluding carboxylic acids is 2. The Bertz CT molecular complexity index is 350. The highest BCUT2D eigenvalue weighted by molar-refractivity contribution is 5.96. The fourth-order valence-electron chi connectivity index (χ4n) is 1.76. The van der Waals surface area contributed by atoms with Gasteiger partial charge in [0.25, 0.3) is 0 Å². The largest absolute Gasteiger partial charge is 0.354 e. The number of carbonyl (C=O) groups is 2. The van der Waals surface area contributed by atoms with Gasteiger partial charge in [-0.15, -0.1) is 0 Å². The van der Waals surface area contributed by atoms with Gasteiger partial charge in [0.2, 0.25) is 17.4 Å². The van der Waals surface area contributed by atoms with Crippen LogP contribution in [-0.4, -0.2) is 61.5 Å². The molecule has 0 saturated carbocycles. The number of nitrogens with zero attached hydrogens (tertiary/aromatic N) is 1. The minimum absolute atomic E-state index is 0.202. The molecule has 0 radical (unpaired) electrons. The maximum absolute atomic E-state index is 11.4. The standard InChI is InChI=1S/C11H21N5O4/c1-11(16(19)20)7-12-2-4-14-9(17)6-10(18)15-5-3-13-8-11/h12-13H,2-8H2,1H3,(H,14,17)(H,15,18). The van der Waals surface area contributed by atoms with Crippen molar-refractivity contribution in [3.8, 4) is 0 Å². The normalized spacial score (nSPS) is 22.2. The molecule has 9 nitrogen and oxygen atoms in total. The summed E-state index contributed by atoms with van der Waals surface area (Å²) in [6.45, 7) is 3.44. The molecule has 20 heavy (non-hydrogen) atoms. The second kappa shape index (κ2) is 7.75. The van der Waals surface area contributed by atoms with E-state index >= 15 is 0 Å². The lowest BCUT2D eigenvalue weighted by Gasteiger charge is -2.22. The van der Waals surface area contributed by atoms with Crippen molar-refractivity contribution in [1.82, 2.24) is 21.3 Å². The highest BCUT2D eigenvalue weighted by Crippen LogP contribution is 2.05. The van der Waals surface area contributed by atoms with Gasteiger partial charge in [0.1, 0.15) is 6.42 Å². The first kappa shape index (κ1) is 16.3.